The van der Waals surface area contributed by atoms with E-state index in [4.69, 9.17) is 11.6 Å². The summed E-state index contributed by atoms with van der Waals surface area (Å²) in [6.07, 6.45) is 1.61. The first-order chi connectivity index (χ1) is 6.89. The zero-order valence-corrected chi connectivity index (χ0v) is 10.6. The van der Waals surface area contributed by atoms with Crippen molar-refractivity contribution in [2.24, 2.45) is 4.40 Å². The highest BCUT2D eigenvalue weighted by molar-refractivity contribution is 7.85. The van der Waals surface area contributed by atoms with Crippen molar-refractivity contribution in [2.45, 2.75) is 25.5 Å². The lowest BCUT2D eigenvalue weighted by Gasteiger charge is -2.12. The van der Waals surface area contributed by atoms with Crippen molar-refractivity contribution in [2.75, 3.05) is 0 Å². The second-order valence-corrected chi connectivity index (χ2v) is 6.52. The van der Waals surface area contributed by atoms with Crippen molar-refractivity contribution < 1.29 is 4.21 Å². The number of hydrogen-bond donors (Lipinski definition) is 0. The molecular weight excluding hydrogens is 230 g/mol. The molecule has 15 heavy (non-hydrogen) atoms. The standard InChI is InChI=1S/C11H14ClNOS/c1-11(2,3)15(14)13-8-9-4-6-10(12)7-5-9/h4-8H,1-3H3/b13-8-/t15-/m0/s1. The van der Waals surface area contributed by atoms with Gasteiger partial charge in [0.2, 0.25) is 0 Å². The first-order valence-corrected chi connectivity index (χ1v) is 6.10. The Morgan fingerprint density at radius 3 is 2.27 bits per heavy atom. The van der Waals surface area contributed by atoms with E-state index in [9.17, 15) is 4.21 Å². The molecule has 0 spiro atoms. The fraction of sp³-hybridized carbons (Fsp3) is 0.364. The van der Waals surface area contributed by atoms with Crippen LogP contribution in [0.15, 0.2) is 28.7 Å². The first-order valence-electron chi connectivity index (χ1n) is 4.61. The van der Waals surface area contributed by atoms with Gasteiger partial charge in [0.1, 0.15) is 11.0 Å². The van der Waals surface area contributed by atoms with Crippen molar-refractivity contribution in [1.29, 1.82) is 0 Å². The molecule has 0 N–H and O–H groups in total. The quantitative estimate of drug-likeness (QED) is 0.734. The first kappa shape index (κ1) is 12.4. The minimum absolute atomic E-state index is 0.317. The largest absolute Gasteiger partial charge is 0.234 e. The van der Waals surface area contributed by atoms with E-state index in [1.807, 2.05) is 32.9 Å². The second kappa shape index (κ2) is 4.90. The summed E-state index contributed by atoms with van der Waals surface area (Å²) in [5, 5.41) is 0.684. The third-order valence-corrected chi connectivity index (χ3v) is 3.29. The zero-order valence-electron chi connectivity index (χ0n) is 9.03. The normalized spacial score (nSPS) is 14.4. The molecule has 0 heterocycles. The van der Waals surface area contributed by atoms with Crippen LogP contribution in [0.5, 0.6) is 0 Å². The van der Waals surface area contributed by atoms with Gasteiger partial charge in [-0.25, -0.2) is 4.21 Å². The maximum Gasteiger partial charge on any atom is 0.144 e. The molecule has 0 amide bonds. The van der Waals surface area contributed by atoms with E-state index in [1.165, 1.54) is 0 Å². The van der Waals surface area contributed by atoms with Gasteiger partial charge in [-0.2, -0.15) is 4.40 Å². The molecule has 2 nitrogen and oxygen atoms in total. The Hall–Kier alpha value is -0.670. The maximum atomic E-state index is 11.6. The fourth-order valence-corrected chi connectivity index (χ4v) is 1.48. The van der Waals surface area contributed by atoms with Crippen LogP contribution >= 0.6 is 11.6 Å². The van der Waals surface area contributed by atoms with E-state index >= 15 is 0 Å². The van der Waals surface area contributed by atoms with Gasteiger partial charge in [0, 0.05) is 11.2 Å². The highest BCUT2D eigenvalue weighted by atomic mass is 35.5. The second-order valence-electron chi connectivity index (χ2n) is 4.15. The molecule has 1 aromatic carbocycles. The molecule has 0 aliphatic carbocycles. The average molecular weight is 244 g/mol. The predicted molar refractivity (Wildman–Crippen MR) is 66.9 cm³/mol. The summed E-state index contributed by atoms with van der Waals surface area (Å²) in [7, 11) is -1.21. The van der Waals surface area contributed by atoms with E-state index in [0.29, 0.717) is 5.02 Å². The number of benzene rings is 1. The SMILES string of the molecule is CC(C)(C)[S@](=O)/N=C\c1ccc(Cl)cc1. The van der Waals surface area contributed by atoms with Crippen molar-refractivity contribution >= 4 is 28.8 Å². The Labute approximate surface area is 98.0 Å². The molecule has 1 rings (SSSR count). The van der Waals surface area contributed by atoms with Crippen LogP contribution in [0.25, 0.3) is 0 Å². The topological polar surface area (TPSA) is 29.4 Å². The lowest BCUT2D eigenvalue weighted by molar-refractivity contribution is 0.651. The van der Waals surface area contributed by atoms with Crippen LogP contribution in [-0.4, -0.2) is 15.2 Å². The van der Waals surface area contributed by atoms with Crippen LogP contribution in [-0.2, 0) is 11.0 Å². The van der Waals surface area contributed by atoms with Gasteiger partial charge < -0.3 is 0 Å². The van der Waals surface area contributed by atoms with Gasteiger partial charge in [0.25, 0.3) is 0 Å². The van der Waals surface area contributed by atoms with Gasteiger partial charge in [0.05, 0.1) is 4.75 Å². The molecule has 1 aromatic rings. The molecule has 0 fully saturated rings. The van der Waals surface area contributed by atoms with Gasteiger partial charge >= 0.3 is 0 Å². The average Bonchev–Trinajstić information content (AvgIpc) is 2.15. The van der Waals surface area contributed by atoms with E-state index in [1.54, 1.807) is 18.3 Å². The summed E-state index contributed by atoms with van der Waals surface area (Å²) in [6, 6.07) is 7.24. The van der Waals surface area contributed by atoms with E-state index in [0.717, 1.165) is 5.56 Å². The van der Waals surface area contributed by atoms with E-state index < -0.39 is 11.0 Å². The van der Waals surface area contributed by atoms with Gasteiger partial charge in [0.15, 0.2) is 0 Å². The molecule has 0 radical (unpaired) electrons. The third-order valence-electron chi connectivity index (χ3n) is 1.69. The van der Waals surface area contributed by atoms with Crippen LogP contribution in [0.1, 0.15) is 26.3 Å². The summed E-state index contributed by atoms with van der Waals surface area (Å²) in [5.41, 5.74) is 0.900. The van der Waals surface area contributed by atoms with Crippen molar-refractivity contribution in [1.82, 2.24) is 0 Å². The number of halogens is 1. The third kappa shape index (κ3) is 4.14. The van der Waals surface area contributed by atoms with Gasteiger partial charge in [-0.3, -0.25) is 0 Å². The van der Waals surface area contributed by atoms with Crippen LogP contribution in [0.2, 0.25) is 5.02 Å². The minimum Gasteiger partial charge on any atom is -0.234 e. The van der Waals surface area contributed by atoms with Crippen LogP contribution in [0.3, 0.4) is 0 Å². The Bertz CT molecular complexity index is 379. The maximum absolute atomic E-state index is 11.6. The Balaban J connectivity index is 2.74. The monoisotopic (exact) mass is 243 g/mol. The molecule has 1 atom stereocenters. The van der Waals surface area contributed by atoms with Gasteiger partial charge in [-0.05, 0) is 38.5 Å². The molecule has 82 valence electrons. The van der Waals surface area contributed by atoms with Crippen LogP contribution in [0.4, 0.5) is 0 Å². The minimum atomic E-state index is -1.21. The molecule has 0 unspecified atom stereocenters. The molecule has 0 aromatic heterocycles. The van der Waals surface area contributed by atoms with Crippen molar-refractivity contribution in [3.05, 3.63) is 34.9 Å². The summed E-state index contributed by atoms with van der Waals surface area (Å²) in [6.45, 7) is 5.67. The molecule has 4 heteroatoms. The lowest BCUT2D eigenvalue weighted by Crippen LogP contribution is -2.19. The summed E-state index contributed by atoms with van der Waals surface area (Å²) >= 11 is 5.74. The molecule has 0 aliphatic heterocycles. The predicted octanol–water partition coefficient (Wildman–Crippen LogP) is 3.22. The van der Waals surface area contributed by atoms with E-state index in [2.05, 4.69) is 4.40 Å². The highest BCUT2D eigenvalue weighted by Gasteiger charge is 2.17. The number of rotatable bonds is 2. The molecule has 0 aliphatic rings. The zero-order chi connectivity index (χ0) is 11.5. The van der Waals surface area contributed by atoms with Gasteiger partial charge in [-0.1, -0.05) is 23.7 Å². The highest BCUT2D eigenvalue weighted by Crippen LogP contribution is 2.13. The van der Waals surface area contributed by atoms with Crippen molar-refractivity contribution in [3.8, 4) is 0 Å². The Kier molecular flexibility index (Phi) is 4.05. The number of nitrogens with zero attached hydrogens (tertiary/aromatic N) is 1. The lowest BCUT2D eigenvalue weighted by atomic mass is 10.2. The molecular formula is C11H14ClNOS. The smallest absolute Gasteiger partial charge is 0.144 e. The van der Waals surface area contributed by atoms with Crippen LogP contribution < -0.4 is 0 Å². The fourth-order valence-electron chi connectivity index (χ4n) is 0.816. The van der Waals surface area contributed by atoms with Gasteiger partial charge in [-0.15, -0.1) is 0 Å². The molecule has 0 saturated heterocycles. The molecule has 0 saturated carbocycles. The number of hydrogen-bond acceptors (Lipinski definition) is 1. The Morgan fingerprint density at radius 1 is 1.27 bits per heavy atom. The van der Waals surface area contributed by atoms with Crippen molar-refractivity contribution in [3.63, 3.8) is 0 Å². The summed E-state index contributed by atoms with van der Waals surface area (Å²) < 4.78 is 15.3. The Morgan fingerprint density at radius 2 is 1.80 bits per heavy atom. The summed E-state index contributed by atoms with van der Waals surface area (Å²) in [5.74, 6) is 0. The van der Waals surface area contributed by atoms with Crippen LogP contribution in [0, 0.1) is 0 Å². The molecule has 0 bridgehead atoms. The summed E-state index contributed by atoms with van der Waals surface area (Å²) in [4.78, 5) is 0. The van der Waals surface area contributed by atoms with E-state index in [-0.39, 0.29) is 4.75 Å².